The first-order valence-corrected chi connectivity index (χ1v) is 12.0. The fourth-order valence-corrected chi connectivity index (χ4v) is 5.94. The van der Waals surface area contributed by atoms with Crippen LogP contribution in [0.1, 0.15) is 19.4 Å². The van der Waals surface area contributed by atoms with Crippen molar-refractivity contribution in [1.82, 2.24) is 4.90 Å². The number of nitriles is 1. The zero-order chi connectivity index (χ0) is 22.7. The van der Waals surface area contributed by atoms with Crippen molar-refractivity contribution >= 4 is 51.7 Å². The van der Waals surface area contributed by atoms with Crippen molar-refractivity contribution in [3.05, 3.63) is 70.6 Å². The van der Waals surface area contributed by atoms with Gasteiger partial charge in [0.15, 0.2) is 5.17 Å². The lowest BCUT2D eigenvalue weighted by atomic mass is 10.2. The number of amides is 1. The molecule has 1 saturated heterocycles. The zero-order valence-electron chi connectivity index (χ0n) is 18.0. The van der Waals surface area contributed by atoms with Crippen molar-refractivity contribution in [2.45, 2.75) is 18.7 Å². The van der Waals surface area contributed by atoms with Crippen LogP contribution in [0.4, 0.5) is 17.1 Å². The molecule has 2 aromatic rings. The van der Waals surface area contributed by atoms with Gasteiger partial charge in [0.25, 0.3) is 5.91 Å². The van der Waals surface area contributed by atoms with Crippen molar-refractivity contribution in [2.75, 3.05) is 29.9 Å². The van der Waals surface area contributed by atoms with Crippen molar-refractivity contribution < 1.29 is 4.79 Å². The lowest BCUT2D eigenvalue weighted by Crippen LogP contribution is -2.29. The Kier molecular flexibility index (Phi) is 6.58. The van der Waals surface area contributed by atoms with E-state index in [0.717, 1.165) is 27.8 Å². The number of carbonyl (C=O) groups excluding carboxylic acids is 1. The number of hydrogen-bond donors (Lipinski definition) is 1. The van der Waals surface area contributed by atoms with Crippen LogP contribution in [0, 0.1) is 11.3 Å². The smallest absolute Gasteiger partial charge is 0.269 e. The second-order valence-electron chi connectivity index (χ2n) is 7.02. The van der Waals surface area contributed by atoms with Gasteiger partial charge in [-0.3, -0.25) is 9.69 Å². The Bertz CT molecular complexity index is 1180. The average Bonchev–Trinajstić information content (AvgIpc) is 3.32. The molecule has 2 aliphatic rings. The lowest BCUT2D eigenvalue weighted by Gasteiger charge is -2.19. The average molecular weight is 462 g/mol. The lowest BCUT2D eigenvalue weighted by molar-refractivity contribution is -0.122. The number of anilines is 2. The van der Waals surface area contributed by atoms with Gasteiger partial charge in [-0.2, -0.15) is 5.26 Å². The maximum absolute atomic E-state index is 13.4. The third-order valence-electron chi connectivity index (χ3n) is 5.00. The second-order valence-corrected chi connectivity index (χ2v) is 9.03. The van der Waals surface area contributed by atoms with Crippen molar-refractivity contribution in [3.63, 3.8) is 0 Å². The number of nitrogens with one attached hydrogen (secondary N) is 1. The highest BCUT2D eigenvalue weighted by Gasteiger charge is 2.39. The van der Waals surface area contributed by atoms with E-state index >= 15 is 0 Å². The van der Waals surface area contributed by atoms with E-state index in [1.165, 1.54) is 11.8 Å². The Hall–Kier alpha value is -3.15. The van der Waals surface area contributed by atoms with E-state index in [1.807, 2.05) is 38.1 Å². The minimum Gasteiger partial charge on any atom is -0.384 e. The molecule has 1 amide bonds. The standard InChI is InChI=1S/C24H23N5OS2/c1-4-13-29-19-9-7-8-10-20(19)31-23(29)21-22(30)28(6-3)24(32-21)27-18-14-16(15-25)11-12-17(18)26-5-2/h4,7-12,14,26H,1,5-6,13H2,2-3H3/b23-21-,27-24?. The van der Waals surface area contributed by atoms with Gasteiger partial charge in [-0.15, -0.1) is 6.58 Å². The maximum Gasteiger partial charge on any atom is 0.269 e. The van der Waals surface area contributed by atoms with E-state index in [1.54, 1.807) is 28.8 Å². The van der Waals surface area contributed by atoms with Gasteiger partial charge in [0.05, 0.1) is 28.7 Å². The van der Waals surface area contributed by atoms with Crippen molar-refractivity contribution in [1.29, 1.82) is 5.26 Å². The first kappa shape index (κ1) is 22.1. The highest BCUT2D eigenvalue weighted by Crippen LogP contribution is 2.50. The number of aliphatic imine (C=N–C) groups is 1. The molecule has 1 N–H and O–H groups in total. The summed E-state index contributed by atoms with van der Waals surface area (Å²) in [5.41, 5.74) is 3.09. The van der Waals surface area contributed by atoms with Crippen LogP contribution in [0.25, 0.3) is 0 Å². The molecule has 4 rings (SSSR count). The maximum atomic E-state index is 13.4. The summed E-state index contributed by atoms with van der Waals surface area (Å²) in [7, 11) is 0. The summed E-state index contributed by atoms with van der Waals surface area (Å²) < 4.78 is 0. The predicted octanol–water partition coefficient (Wildman–Crippen LogP) is 5.54. The Balaban J connectivity index is 1.78. The Labute approximate surface area is 196 Å². The molecule has 0 unspecified atom stereocenters. The first-order valence-electron chi connectivity index (χ1n) is 10.4. The molecular formula is C24H23N5OS2. The number of nitrogens with zero attached hydrogens (tertiary/aromatic N) is 4. The summed E-state index contributed by atoms with van der Waals surface area (Å²) in [4.78, 5) is 23.8. The van der Waals surface area contributed by atoms with E-state index in [9.17, 15) is 10.1 Å². The number of likely N-dealkylation sites (N-methyl/N-ethyl adjacent to an activating group) is 1. The first-order chi connectivity index (χ1) is 15.6. The van der Waals surface area contributed by atoms with Crippen LogP contribution in [-0.4, -0.2) is 35.6 Å². The second kappa shape index (κ2) is 9.55. The molecule has 0 saturated carbocycles. The van der Waals surface area contributed by atoms with Gasteiger partial charge in [0, 0.05) is 24.5 Å². The molecule has 0 radical (unpaired) electrons. The fraction of sp³-hybridized carbons (Fsp3) is 0.208. The third kappa shape index (κ3) is 4.01. The van der Waals surface area contributed by atoms with Crippen LogP contribution in [0.5, 0.6) is 0 Å². The van der Waals surface area contributed by atoms with Crippen LogP contribution in [0.3, 0.4) is 0 Å². The number of fused-ring (bicyclic) bond motifs is 1. The van der Waals surface area contributed by atoms with Gasteiger partial charge >= 0.3 is 0 Å². The summed E-state index contributed by atoms with van der Waals surface area (Å²) in [5.74, 6) is -0.0537. The van der Waals surface area contributed by atoms with E-state index < -0.39 is 0 Å². The Morgan fingerprint density at radius 2 is 2.00 bits per heavy atom. The fourth-order valence-electron chi connectivity index (χ4n) is 3.55. The molecule has 0 aromatic heterocycles. The molecule has 2 aromatic carbocycles. The summed E-state index contributed by atoms with van der Waals surface area (Å²) in [6, 6.07) is 15.7. The number of benzene rings is 2. The van der Waals surface area contributed by atoms with Gasteiger partial charge in [0.2, 0.25) is 0 Å². The Morgan fingerprint density at radius 1 is 1.19 bits per heavy atom. The summed E-state index contributed by atoms with van der Waals surface area (Å²) in [5, 5.41) is 14.1. The molecule has 0 atom stereocenters. The highest BCUT2D eigenvalue weighted by molar-refractivity contribution is 8.19. The normalized spacial score (nSPS) is 18.8. The zero-order valence-corrected chi connectivity index (χ0v) is 19.6. The van der Waals surface area contributed by atoms with E-state index in [4.69, 9.17) is 4.99 Å². The van der Waals surface area contributed by atoms with Crippen molar-refractivity contribution in [2.24, 2.45) is 4.99 Å². The molecular weight excluding hydrogens is 438 g/mol. The minimum absolute atomic E-state index is 0.0537. The van der Waals surface area contributed by atoms with Gasteiger partial charge in [-0.25, -0.2) is 4.99 Å². The monoisotopic (exact) mass is 461 g/mol. The van der Waals surface area contributed by atoms with Crippen LogP contribution >= 0.6 is 23.5 Å². The van der Waals surface area contributed by atoms with E-state index in [0.29, 0.717) is 34.4 Å². The van der Waals surface area contributed by atoms with Crippen LogP contribution in [0.2, 0.25) is 0 Å². The predicted molar refractivity (Wildman–Crippen MR) is 134 cm³/mol. The van der Waals surface area contributed by atoms with Gasteiger partial charge in [-0.1, -0.05) is 30.0 Å². The Morgan fingerprint density at radius 3 is 2.72 bits per heavy atom. The number of hydrogen-bond acceptors (Lipinski definition) is 7. The third-order valence-corrected chi connectivity index (χ3v) is 7.38. The van der Waals surface area contributed by atoms with Crippen LogP contribution < -0.4 is 10.2 Å². The molecule has 1 fully saturated rings. The molecule has 6 nitrogen and oxygen atoms in total. The van der Waals surface area contributed by atoms with Crippen LogP contribution in [0.15, 0.2) is 74.9 Å². The molecule has 32 heavy (non-hydrogen) atoms. The van der Waals surface area contributed by atoms with Gasteiger partial charge in [-0.05, 0) is 55.9 Å². The van der Waals surface area contributed by atoms with E-state index in [-0.39, 0.29) is 5.91 Å². The van der Waals surface area contributed by atoms with Crippen molar-refractivity contribution in [3.8, 4) is 6.07 Å². The molecule has 8 heteroatoms. The molecule has 0 aliphatic carbocycles. The quantitative estimate of drug-likeness (QED) is 0.450. The molecule has 0 spiro atoms. The number of para-hydroxylation sites is 1. The summed E-state index contributed by atoms with van der Waals surface area (Å²) >= 11 is 2.99. The van der Waals surface area contributed by atoms with E-state index in [2.05, 4.69) is 35.0 Å². The molecule has 2 heterocycles. The highest BCUT2D eigenvalue weighted by atomic mass is 32.2. The molecule has 2 aliphatic heterocycles. The van der Waals surface area contributed by atoms with Gasteiger partial charge < -0.3 is 10.2 Å². The summed E-state index contributed by atoms with van der Waals surface area (Å²) in [6.45, 7) is 9.69. The van der Waals surface area contributed by atoms with Crippen LogP contribution in [-0.2, 0) is 4.79 Å². The SMILES string of the molecule is C=CCN1/C(=C2/SC(=Nc3cc(C#N)ccc3NCC)N(CC)C2=O)Sc2ccccc21. The molecule has 0 bridgehead atoms. The van der Waals surface area contributed by atoms with Gasteiger partial charge in [0.1, 0.15) is 9.93 Å². The minimum atomic E-state index is -0.0537. The molecule has 162 valence electrons. The summed E-state index contributed by atoms with van der Waals surface area (Å²) in [6.07, 6.45) is 1.84. The largest absolute Gasteiger partial charge is 0.384 e. The topological polar surface area (TPSA) is 71.7 Å². The number of amidine groups is 1. The number of rotatable bonds is 6. The number of carbonyl (C=O) groups is 1. The number of thioether (sulfide) groups is 2.